The quantitative estimate of drug-likeness (QED) is 0.640. The van der Waals surface area contributed by atoms with Crippen LogP contribution in [0.4, 0.5) is 5.69 Å². The Morgan fingerprint density at radius 2 is 1.85 bits per heavy atom. The van der Waals surface area contributed by atoms with Gasteiger partial charge in [-0.3, -0.25) is 14.4 Å². The summed E-state index contributed by atoms with van der Waals surface area (Å²) in [5.74, 6) is -0.537. The minimum Gasteiger partial charge on any atom is -0.331 e. The maximum Gasteiger partial charge on any atom is 0.247 e. The average molecular weight is 486 g/mol. The number of nitrogens with zero attached hydrogens (tertiary/aromatic N) is 2. The molecule has 33 heavy (non-hydrogen) atoms. The van der Waals surface area contributed by atoms with Crippen molar-refractivity contribution in [2.75, 3.05) is 11.9 Å². The molecule has 3 amide bonds. The first-order valence-electron chi connectivity index (χ1n) is 11.0. The number of hydrogen-bond donors (Lipinski definition) is 1. The highest BCUT2D eigenvalue weighted by Crippen LogP contribution is 2.34. The van der Waals surface area contributed by atoms with Gasteiger partial charge < -0.3 is 15.1 Å². The normalized spacial score (nSPS) is 19.7. The SMILES string of the molecule is CC(=O)N1C=Cc2ccccc2C1CC(=O)N1CCCCC1C(=O)Nc1ccc(Cl)c(Cl)c1. The van der Waals surface area contributed by atoms with E-state index in [1.54, 1.807) is 34.2 Å². The van der Waals surface area contributed by atoms with Gasteiger partial charge in [0.05, 0.1) is 22.5 Å². The molecule has 0 bridgehead atoms. The Hall–Kier alpha value is -2.83. The van der Waals surface area contributed by atoms with Gasteiger partial charge in [0.25, 0.3) is 0 Å². The van der Waals surface area contributed by atoms with E-state index in [-0.39, 0.29) is 24.1 Å². The van der Waals surface area contributed by atoms with Crippen molar-refractivity contribution in [3.63, 3.8) is 0 Å². The lowest BCUT2D eigenvalue weighted by atomic mass is 9.92. The summed E-state index contributed by atoms with van der Waals surface area (Å²) in [6.07, 6.45) is 5.99. The predicted molar refractivity (Wildman–Crippen MR) is 130 cm³/mol. The third kappa shape index (κ3) is 5.07. The molecule has 2 aromatic rings. The Morgan fingerprint density at radius 1 is 1.06 bits per heavy atom. The van der Waals surface area contributed by atoms with Gasteiger partial charge in [0.2, 0.25) is 17.7 Å². The van der Waals surface area contributed by atoms with Crippen molar-refractivity contribution in [1.82, 2.24) is 9.80 Å². The van der Waals surface area contributed by atoms with Gasteiger partial charge in [-0.2, -0.15) is 0 Å². The van der Waals surface area contributed by atoms with Gasteiger partial charge >= 0.3 is 0 Å². The van der Waals surface area contributed by atoms with Crippen molar-refractivity contribution in [2.24, 2.45) is 0 Å². The highest BCUT2D eigenvalue weighted by molar-refractivity contribution is 6.42. The van der Waals surface area contributed by atoms with Crippen LogP contribution in [0.5, 0.6) is 0 Å². The van der Waals surface area contributed by atoms with Crippen LogP contribution < -0.4 is 5.32 Å². The maximum atomic E-state index is 13.5. The molecule has 2 heterocycles. The number of piperidine rings is 1. The van der Waals surface area contributed by atoms with Crippen molar-refractivity contribution in [3.8, 4) is 0 Å². The van der Waals surface area contributed by atoms with Crippen molar-refractivity contribution in [2.45, 2.75) is 44.7 Å². The molecule has 6 nitrogen and oxygen atoms in total. The average Bonchev–Trinajstić information content (AvgIpc) is 2.81. The third-order valence-corrected chi connectivity index (χ3v) is 6.89. The Balaban J connectivity index is 1.53. The molecule has 0 saturated carbocycles. The van der Waals surface area contributed by atoms with Crippen molar-refractivity contribution in [3.05, 3.63) is 69.8 Å². The lowest BCUT2D eigenvalue weighted by Gasteiger charge is -2.38. The highest BCUT2D eigenvalue weighted by atomic mass is 35.5. The molecular weight excluding hydrogens is 461 g/mol. The molecule has 4 rings (SSSR count). The van der Waals surface area contributed by atoms with Gasteiger partial charge in [-0.15, -0.1) is 0 Å². The Labute approximate surface area is 203 Å². The number of benzene rings is 2. The second-order valence-electron chi connectivity index (χ2n) is 8.31. The van der Waals surface area contributed by atoms with Gasteiger partial charge in [-0.25, -0.2) is 0 Å². The number of fused-ring (bicyclic) bond motifs is 1. The van der Waals surface area contributed by atoms with E-state index in [0.29, 0.717) is 28.7 Å². The van der Waals surface area contributed by atoms with Crippen molar-refractivity contribution >= 4 is 52.7 Å². The second kappa shape index (κ2) is 9.98. The van der Waals surface area contributed by atoms with E-state index in [9.17, 15) is 14.4 Å². The molecule has 0 spiro atoms. The first kappa shape index (κ1) is 23.3. The van der Waals surface area contributed by atoms with Crippen LogP contribution in [-0.2, 0) is 14.4 Å². The first-order chi connectivity index (χ1) is 15.8. The number of amides is 3. The molecule has 2 atom stereocenters. The topological polar surface area (TPSA) is 69.7 Å². The number of hydrogen-bond acceptors (Lipinski definition) is 3. The molecule has 0 aliphatic carbocycles. The van der Waals surface area contributed by atoms with Gasteiger partial charge in [0.15, 0.2) is 0 Å². The summed E-state index contributed by atoms with van der Waals surface area (Å²) >= 11 is 12.0. The Morgan fingerprint density at radius 3 is 2.61 bits per heavy atom. The molecule has 2 unspecified atom stereocenters. The molecule has 0 aromatic heterocycles. The van der Waals surface area contributed by atoms with E-state index in [0.717, 1.165) is 24.0 Å². The number of rotatable bonds is 4. The summed E-state index contributed by atoms with van der Waals surface area (Å²) in [4.78, 5) is 42.1. The minimum atomic E-state index is -0.583. The molecule has 2 aliphatic rings. The number of likely N-dealkylation sites (tertiary alicyclic amines) is 1. The fraction of sp³-hybridized carbons (Fsp3) is 0.320. The van der Waals surface area contributed by atoms with E-state index >= 15 is 0 Å². The Kier molecular flexibility index (Phi) is 7.05. The van der Waals surface area contributed by atoms with E-state index < -0.39 is 12.1 Å². The predicted octanol–water partition coefficient (Wildman–Crippen LogP) is 5.28. The molecule has 1 saturated heterocycles. The fourth-order valence-corrected chi connectivity index (χ4v) is 4.80. The standard InChI is InChI=1S/C25H25Cl2N3O3/c1-16(31)29-13-11-17-6-2-3-7-19(17)23(29)15-24(32)30-12-5-4-8-22(30)25(33)28-18-9-10-20(26)21(27)14-18/h2-3,6-7,9-11,13-14,22-23H,4-5,8,12,15H2,1H3,(H,28,33). The highest BCUT2D eigenvalue weighted by Gasteiger charge is 2.35. The lowest BCUT2D eigenvalue weighted by Crippen LogP contribution is -2.50. The van der Waals surface area contributed by atoms with Gasteiger partial charge in [0.1, 0.15) is 6.04 Å². The second-order valence-corrected chi connectivity index (χ2v) is 9.12. The summed E-state index contributed by atoms with van der Waals surface area (Å²) < 4.78 is 0. The molecule has 1 fully saturated rings. The number of carbonyl (C=O) groups is 3. The fourth-order valence-electron chi connectivity index (χ4n) is 4.50. The molecular formula is C25H25Cl2N3O3. The van der Waals surface area contributed by atoms with Gasteiger partial charge in [0, 0.05) is 25.4 Å². The molecule has 0 radical (unpaired) electrons. The summed E-state index contributed by atoms with van der Waals surface area (Å²) in [5.41, 5.74) is 2.44. The van der Waals surface area contributed by atoms with Crippen LogP contribution in [0.25, 0.3) is 6.08 Å². The first-order valence-corrected chi connectivity index (χ1v) is 11.7. The van der Waals surface area contributed by atoms with Crippen LogP contribution in [0.15, 0.2) is 48.7 Å². The molecule has 2 aliphatic heterocycles. The van der Waals surface area contributed by atoms with Crippen LogP contribution in [0.2, 0.25) is 10.0 Å². The zero-order valence-electron chi connectivity index (χ0n) is 18.3. The van der Waals surface area contributed by atoms with Crippen LogP contribution in [-0.4, -0.2) is 40.1 Å². The molecule has 8 heteroatoms. The lowest BCUT2D eigenvalue weighted by molar-refractivity contribution is -0.142. The van der Waals surface area contributed by atoms with Gasteiger partial charge in [-0.1, -0.05) is 47.5 Å². The van der Waals surface area contributed by atoms with E-state index in [1.807, 2.05) is 30.3 Å². The summed E-state index contributed by atoms with van der Waals surface area (Å²) in [7, 11) is 0. The van der Waals surface area contributed by atoms with Crippen LogP contribution in [0, 0.1) is 0 Å². The molecule has 2 aromatic carbocycles. The Bertz CT molecular complexity index is 1120. The number of nitrogens with one attached hydrogen (secondary N) is 1. The number of halogens is 2. The zero-order valence-corrected chi connectivity index (χ0v) is 19.8. The third-order valence-electron chi connectivity index (χ3n) is 6.15. The van der Waals surface area contributed by atoms with E-state index in [1.165, 1.54) is 6.92 Å². The van der Waals surface area contributed by atoms with Crippen LogP contribution >= 0.6 is 23.2 Å². The van der Waals surface area contributed by atoms with Crippen LogP contribution in [0.3, 0.4) is 0 Å². The van der Waals surface area contributed by atoms with Crippen molar-refractivity contribution < 1.29 is 14.4 Å². The van der Waals surface area contributed by atoms with Gasteiger partial charge in [-0.05, 0) is 54.7 Å². The van der Waals surface area contributed by atoms with Crippen molar-refractivity contribution in [1.29, 1.82) is 0 Å². The molecule has 1 N–H and O–H groups in total. The number of carbonyl (C=O) groups excluding carboxylic acids is 3. The molecule has 172 valence electrons. The smallest absolute Gasteiger partial charge is 0.247 e. The minimum absolute atomic E-state index is 0.109. The summed E-state index contributed by atoms with van der Waals surface area (Å²) in [5, 5.41) is 3.61. The summed E-state index contributed by atoms with van der Waals surface area (Å²) in [6, 6.07) is 11.6. The number of anilines is 1. The zero-order chi connectivity index (χ0) is 23.5. The van der Waals surface area contributed by atoms with E-state index in [4.69, 9.17) is 23.2 Å². The maximum absolute atomic E-state index is 13.5. The monoisotopic (exact) mass is 485 g/mol. The summed E-state index contributed by atoms with van der Waals surface area (Å²) in [6.45, 7) is 1.99. The van der Waals surface area contributed by atoms with Crippen LogP contribution in [0.1, 0.15) is 49.8 Å². The largest absolute Gasteiger partial charge is 0.331 e. The van der Waals surface area contributed by atoms with E-state index in [2.05, 4.69) is 5.32 Å².